The van der Waals surface area contributed by atoms with Gasteiger partial charge in [0.1, 0.15) is 17.3 Å². The summed E-state index contributed by atoms with van der Waals surface area (Å²) >= 11 is 0. The van der Waals surface area contributed by atoms with Gasteiger partial charge in [0.25, 0.3) is 6.43 Å². The molecule has 1 atom stereocenters. The van der Waals surface area contributed by atoms with Crippen molar-refractivity contribution in [3.05, 3.63) is 77.4 Å². The lowest BCUT2D eigenvalue weighted by molar-refractivity contribution is -0.265. The molecule has 0 bridgehead atoms. The van der Waals surface area contributed by atoms with Crippen molar-refractivity contribution in [3.63, 3.8) is 0 Å². The SMILES string of the molecule is Cc1cnc2c(NC3CC3)cc(N(F)C[C@](O)(c3cc(CNCC(F)F)c(O)c(-c4ccc(F)cc4)n3)C(F)(F)F)cc2c1. The Morgan fingerprint density at radius 3 is 2.41 bits per heavy atom. The van der Waals surface area contributed by atoms with Gasteiger partial charge in [-0.1, -0.05) is 4.48 Å². The number of aromatic nitrogens is 2. The van der Waals surface area contributed by atoms with E-state index in [-0.39, 0.29) is 28.0 Å². The molecule has 44 heavy (non-hydrogen) atoms. The first-order valence-electron chi connectivity index (χ1n) is 13.6. The highest BCUT2D eigenvalue weighted by atomic mass is 19.4. The van der Waals surface area contributed by atoms with E-state index in [9.17, 15) is 36.6 Å². The number of benzene rings is 2. The highest BCUT2D eigenvalue weighted by molar-refractivity contribution is 5.94. The second kappa shape index (κ2) is 12.1. The van der Waals surface area contributed by atoms with E-state index in [0.29, 0.717) is 22.7 Å². The first-order valence-corrected chi connectivity index (χ1v) is 13.6. The van der Waals surface area contributed by atoms with Crippen molar-refractivity contribution in [3.8, 4) is 17.0 Å². The van der Waals surface area contributed by atoms with Gasteiger partial charge in [0.2, 0.25) is 5.60 Å². The minimum absolute atomic E-state index is 0.0318. The van der Waals surface area contributed by atoms with Gasteiger partial charge in [-0.3, -0.25) is 4.98 Å². The van der Waals surface area contributed by atoms with E-state index in [0.717, 1.165) is 42.7 Å². The zero-order valence-corrected chi connectivity index (χ0v) is 23.3. The van der Waals surface area contributed by atoms with Crippen molar-refractivity contribution in [2.75, 3.05) is 23.5 Å². The van der Waals surface area contributed by atoms with E-state index in [1.165, 1.54) is 12.1 Å². The van der Waals surface area contributed by atoms with Gasteiger partial charge in [-0.05, 0) is 73.9 Å². The van der Waals surface area contributed by atoms with E-state index in [1.54, 1.807) is 19.2 Å². The number of aromatic hydroxyl groups is 1. The summed E-state index contributed by atoms with van der Waals surface area (Å²) in [4.78, 5) is 8.23. The normalized spacial score (nSPS) is 15.0. The van der Waals surface area contributed by atoms with Crippen LogP contribution in [0.3, 0.4) is 0 Å². The molecule has 4 aromatic rings. The zero-order valence-electron chi connectivity index (χ0n) is 23.3. The first-order chi connectivity index (χ1) is 20.7. The summed E-state index contributed by atoms with van der Waals surface area (Å²) in [6.07, 6.45) is -4.97. The smallest absolute Gasteiger partial charge is 0.424 e. The highest BCUT2D eigenvalue weighted by Gasteiger charge is 2.58. The van der Waals surface area contributed by atoms with E-state index in [1.807, 2.05) is 0 Å². The van der Waals surface area contributed by atoms with E-state index >= 15 is 4.48 Å². The lowest BCUT2D eigenvalue weighted by Crippen LogP contribution is -2.50. The summed E-state index contributed by atoms with van der Waals surface area (Å²) in [7, 11) is 0. The molecule has 2 heterocycles. The Kier molecular flexibility index (Phi) is 8.58. The number of alkyl halides is 5. The Balaban J connectivity index is 1.59. The molecule has 2 aromatic carbocycles. The average molecular weight is 624 g/mol. The molecule has 1 aliphatic carbocycles. The molecule has 0 unspecified atom stereocenters. The van der Waals surface area contributed by atoms with Gasteiger partial charge in [-0.2, -0.15) is 13.2 Å². The number of anilines is 2. The summed E-state index contributed by atoms with van der Waals surface area (Å²) in [6.45, 7) is -1.31. The molecule has 0 saturated heterocycles. The molecule has 1 fully saturated rings. The van der Waals surface area contributed by atoms with Crippen LogP contribution in [0.1, 0.15) is 29.7 Å². The minimum Gasteiger partial charge on any atom is -0.505 e. The lowest BCUT2D eigenvalue weighted by atomic mass is 9.94. The van der Waals surface area contributed by atoms with Gasteiger partial charge in [-0.25, -0.2) is 23.3 Å². The standard InChI is InChI=1S/C30H28F7N5O2/c1-16-8-18-9-22(11-23(26(18)39-12-16)40-21-6-7-21)42(37)15-29(44,30(34,35)36)24-10-19(13-38-14-25(32)33)28(43)27(41-24)17-2-4-20(31)5-3-17/h2-5,8-12,21,25,38,40,43-44H,6-7,13-15H2,1H3/t29-/m0/s1. The molecule has 2 aromatic heterocycles. The van der Waals surface area contributed by atoms with Gasteiger partial charge >= 0.3 is 6.18 Å². The number of fused-ring (bicyclic) bond motifs is 1. The Morgan fingerprint density at radius 2 is 1.77 bits per heavy atom. The van der Waals surface area contributed by atoms with Crippen molar-refractivity contribution >= 4 is 22.3 Å². The maximum atomic E-state index is 15.9. The molecule has 0 amide bonds. The van der Waals surface area contributed by atoms with E-state index in [2.05, 4.69) is 20.6 Å². The van der Waals surface area contributed by atoms with Gasteiger partial charge in [0.15, 0.2) is 0 Å². The number of hydrogen-bond donors (Lipinski definition) is 4. The molecule has 0 spiro atoms. The van der Waals surface area contributed by atoms with Crippen LogP contribution in [0.4, 0.5) is 42.2 Å². The van der Waals surface area contributed by atoms with Crippen LogP contribution in [-0.4, -0.2) is 51.9 Å². The number of rotatable bonds is 11. The van der Waals surface area contributed by atoms with Crippen LogP contribution in [0.25, 0.3) is 22.2 Å². The van der Waals surface area contributed by atoms with Crippen LogP contribution < -0.4 is 15.8 Å². The quantitative estimate of drug-likeness (QED) is 0.112. The van der Waals surface area contributed by atoms with Gasteiger partial charge < -0.3 is 20.8 Å². The fourth-order valence-corrected chi connectivity index (χ4v) is 4.71. The predicted octanol–water partition coefficient (Wildman–Crippen LogP) is 6.52. The molecule has 7 nitrogen and oxygen atoms in total. The van der Waals surface area contributed by atoms with Crippen LogP contribution in [0.15, 0.2) is 54.7 Å². The Morgan fingerprint density at radius 1 is 1.07 bits per heavy atom. The molecule has 5 rings (SSSR count). The minimum atomic E-state index is -5.50. The molecular formula is C30H28F7N5O2. The Labute approximate surface area is 247 Å². The number of hydrogen-bond acceptors (Lipinski definition) is 7. The number of aliphatic hydroxyl groups is 1. The molecule has 0 aliphatic heterocycles. The lowest BCUT2D eigenvalue weighted by Gasteiger charge is -2.33. The van der Waals surface area contributed by atoms with Crippen molar-refractivity contribution in [2.24, 2.45) is 0 Å². The van der Waals surface area contributed by atoms with Crippen LogP contribution >= 0.6 is 0 Å². The van der Waals surface area contributed by atoms with Crippen LogP contribution in [-0.2, 0) is 12.1 Å². The fraction of sp³-hybridized carbons (Fsp3) is 0.333. The van der Waals surface area contributed by atoms with Crippen molar-refractivity contribution in [1.82, 2.24) is 15.3 Å². The average Bonchev–Trinajstić information content (AvgIpc) is 3.77. The van der Waals surface area contributed by atoms with Crippen molar-refractivity contribution in [2.45, 2.75) is 50.6 Å². The summed E-state index contributed by atoms with van der Waals surface area (Å²) < 4.78 is 99.0. The highest BCUT2D eigenvalue weighted by Crippen LogP contribution is 2.43. The van der Waals surface area contributed by atoms with Crippen molar-refractivity contribution < 1.29 is 41.0 Å². The fourth-order valence-electron chi connectivity index (χ4n) is 4.71. The summed E-state index contributed by atoms with van der Waals surface area (Å²) in [5, 5.41) is 27.7. The summed E-state index contributed by atoms with van der Waals surface area (Å²) in [6, 6.07) is 9.29. The van der Waals surface area contributed by atoms with Gasteiger partial charge in [0.05, 0.1) is 35.7 Å². The van der Waals surface area contributed by atoms with Gasteiger partial charge in [0, 0.05) is 35.3 Å². The Bertz CT molecular complexity index is 1650. The molecular weight excluding hydrogens is 595 g/mol. The number of halogens is 7. The van der Waals surface area contributed by atoms with Crippen molar-refractivity contribution in [1.29, 1.82) is 0 Å². The third-order valence-electron chi connectivity index (χ3n) is 7.19. The zero-order chi connectivity index (χ0) is 31.8. The summed E-state index contributed by atoms with van der Waals surface area (Å²) in [5.74, 6) is -1.36. The maximum absolute atomic E-state index is 15.9. The van der Waals surface area contributed by atoms with Crippen LogP contribution in [0, 0.1) is 12.7 Å². The largest absolute Gasteiger partial charge is 0.505 e. The maximum Gasteiger partial charge on any atom is 0.424 e. The summed E-state index contributed by atoms with van der Waals surface area (Å²) in [5.41, 5.74) is -4.57. The number of nitrogens with zero attached hydrogens (tertiary/aromatic N) is 3. The Hall–Kier alpha value is -4.17. The predicted molar refractivity (Wildman–Crippen MR) is 151 cm³/mol. The molecule has 1 saturated carbocycles. The topological polar surface area (TPSA) is 93.5 Å². The number of pyridine rings is 2. The van der Waals surface area contributed by atoms with Gasteiger partial charge in [-0.15, -0.1) is 0 Å². The van der Waals surface area contributed by atoms with Crippen LogP contribution in [0.5, 0.6) is 5.75 Å². The number of nitrogens with one attached hydrogen (secondary N) is 2. The molecule has 1 aliphatic rings. The number of aryl methyl sites for hydroxylation is 1. The van der Waals surface area contributed by atoms with Crippen LogP contribution in [0.2, 0.25) is 0 Å². The third kappa shape index (κ3) is 6.65. The molecule has 0 radical (unpaired) electrons. The molecule has 14 heteroatoms. The first kappa shape index (κ1) is 31.3. The third-order valence-corrected chi connectivity index (χ3v) is 7.19. The van der Waals surface area contributed by atoms with E-state index < -0.39 is 60.8 Å². The molecule has 234 valence electrons. The monoisotopic (exact) mass is 623 g/mol. The molecule has 4 N–H and O–H groups in total. The second-order valence-corrected chi connectivity index (χ2v) is 10.8. The second-order valence-electron chi connectivity index (χ2n) is 10.8. The van der Waals surface area contributed by atoms with E-state index in [4.69, 9.17) is 0 Å².